The summed E-state index contributed by atoms with van der Waals surface area (Å²) in [5.41, 5.74) is 1.17. The predicted octanol–water partition coefficient (Wildman–Crippen LogP) is 2.91. The van der Waals surface area contributed by atoms with Gasteiger partial charge in [0, 0.05) is 20.1 Å². The molecule has 1 aliphatic heterocycles. The highest BCUT2D eigenvalue weighted by Crippen LogP contribution is 2.29. The van der Waals surface area contributed by atoms with Crippen LogP contribution in [-0.4, -0.2) is 41.0 Å². The molecule has 3 rings (SSSR count). The number of methoxy groups -OCH3 is 1. The van der Waals surface area contributed by atoms with Gasteiger partial charge in [-0.05, 0) is 37.0 Å². The Labute approximate surface area is 152 Å². The summed E-state index contributed by atoms with van der Waals surface area (Å²) in [5.74, 6) is 1.41. The van der Waals surface area contributed by atoms with E-state index in [1.165, 1.54) is 6.20 Å². The van der Waals surface area contributed by atoms with E-state index in [0.717, 1.165) is 37.1 Å². The Hall–Kier alpha value is -2.61. The minimum atomic E-state index is -0.370. The Balaban J connectivity index is 1.58. The van der Waals surface area contributed by atoms with Gasteiger partial charge in [-0.15, -0.1) is 0 Å². The van der Waals surface area contributed by atoms with Crippen LogP contribution in [0.1, 0.15) is 24.8 Å². The van der Waals surface area contributed by atoms with Crippen molar-refractivity contribution >= 4 is 11.5 Å². The molecule has 2 heterocycles. The first kappa shape index (κ1) is 18.2. The smallest absolute Gasteiger partial charge is 0.331 e. The van der Waals surface area contributed by atoms with Crippen molar-refractivity contribution in [3.8, 4) is 5.75 Å². The molecule has 0 aliphatic carbocycles. The quantitative estimate of drug-likeness (QED) is 0.582. The molecule has 1 unspecified atom stereocenters. The van der Waals surface area contributed by atoms with Gasteiger partial charge in [0.2, 0.25) is 5.82 Å². The molecule has 0 N–H and O–H groups in total. The van der Waals surface area contributed by atoms with E-state index in [0.29, 0.717) is 19.0 Å². The Bertz CT molecular complexity index is 744. The molecule has 140 valence electrons. The fraction of sp³-hybridized carbons (Fsp3) is 0.500. The summed E-state index contributed by atoms with van der Waals surface area (Å²) >= 11 is 0. The number of ether oxygens (including phenoxy) is 2. The summed E-state index contributed by atoms with van der Waals surface area (Å²) in [4.78, 5) is 12.9. The van der Waals surface area contributed by atoms with Crippen LogP contribution in [-0.2, 0) is 18.4 Å². The third-order valence-electron chi connectivity index (χ3n) is 4.70. The molecule has 0 saturated carbocycles. The molecule has 8 nitrogen and oxygen atoms in total. The number of rotatable bonds is 6. The lowest BCUT2D eigenvalue weighted by molar-refractivity contribution is -0.384. The van der Waals surface area contributed by atoms with Gasteiger partial charge < -0.3 is 14.4 Å². The van der Waals surface area contributed by atoms with Crippen molar-refractivity contribution in [3.63, 3.8) is 0 Å². The number of aromatic nitrogens is 2. The van der Waals surface area contributed by atoms with E-state index in [1.54, 1.807) is 18.8 Å². The summed E-state index contributed by atoms with van der Waals surface area (Å²) < 4.78 is 12.8. The van der Waals surface area contributed by atoms with Crippen LogP contribution >= 0.6 is 0 Å². The fourth-order valence-corrected chi connectivity index (χ4v) is 3.30. The number of anilines is 1. The van der Waals surface area contributed by atoms with Crippen molar-refractivity contribution < 1.29 is 14.4 Å². The summed E-state index contributed by atoms with van der Waals surface area (Å²) in [6.07, 6.45) is 4.17. The Kier molecular flexibility index (Phi) is 5.72. The van der Waals surface area contributed by atoms with Gasteiger partial charge in [0.1, 0.15) is 11.9 Å². The first-order chi connectivity index (χ1) is 12.6. The molecule has 0 amide bonds. The number of hydrogen-bond donors (Lipinski definition) is 0. The van der Waals surface area contributed by atoms with Gasteiger partial charge >= 0.3 is 5.69 Å². The van der Waals surface area contributed by atoms with Crippen LogP contribution in [0.4, 0.5) is 11.5 Å². The zero-order valence-electron chi connectivity index (χ0n) is 15.1. The third-order valence-corrected chi connectivity index (χ3v) is 4.70. The lowest BCUT2D eigenvalue weighted by atomic mass is 10.1. The van der Waals surface area contributed by atoms with E-state index in [4.69, 9.17) is 9.47 Å². The molecule has 8 heteroatoms. The van der Waals surface area contributed by atoms with Gasteiger partial charge in [0.05, 0.1) is 24.7 Å². The van der Waals surface area contributed by atoms with Gasteiger partial charge in [-0.3, -0.25) is 10.1 Å². The van der Waals surface area contributed by atoms with Crippen LogP contribution < -0.4 is 9.64 Å². The molecular weight excluding hydrogens is 336 g/mol. The Morgan fingerprint density at radius 3 is 2.73 bits per heavy atom. The van der Waals surface area contributed by atoms with Crippen LogP contribution in [0.2, 0.25) is 0 Å². The monoisotopic (exact) mass is 360 g/mol. The second kappa shape index (κ2) is 8.18. The van der Waals surface area contributed by atoms with E-state index >= 15 is 0 Å². The lowest BCUT2D eigenvalue weighted by Gasteiger charge is -2.21. The highest BCUT2D eigenvalue weighted by atomic mass is 16.6. The highest BCUT2D eigenvalue weighted by Gasteiger charge is 2.27. The maximum Gasteiger partial charge on any atom is 0.331 e. The molecule has 0 radical (unpaired) electrons. The normalized spacial score (nSPS) is 17.8. The van der Waals surface area contributed by atoms with E-state index in [1.807, 2.05) is 29.2 Å². The van der Waals surface area contributed by atoms with Crippen molar-refractivity contribution in [1.82, 2.24) is 9.78 Å². The van der Waals surface area contributed by atoms with Crippen molar-refractivity contribution in [2.45, 2.75) is 32.0 Å². The third kappa shape index (κ3) is 4.13. The van der Waals surface area contributed by atoms with E-state index in [-0.39, 0.29) is 16.7 Å². The summed E-state index contributed by atoms with van der Waals surface area (Å²) in [5, 5.41) is 15.3. The van der Waals surface area contributed by atoms with Crippen molar-refractivity contribution in [3.05, 3.63) is 46.1 Å². The standard InChI is InChI=1S/C18H24N4O4/c1-20-18(17(12-19-20)22(23)24)21-10-3-4-16(9-11-21)26-13-14-5-7-15(25-2)8-6-14/h5-8,12,16H,3-4,9-11,13H2,1-2H3. The summed E-state index contributed by atoms with van der Waals surface area (Å²) in [6, 6.07) is 7.85. The predicted molar refractivity (Wildman–Crippen MR) is 97.5 cm³/mol. The average molecular weight is 360 g/mol. The zero-order chi connectivity index (χ0) is 18.5. The number of aryl methyl sites for hydroxylation is 1. The van der Waals surface area contributed by atoms with Gasteiger partial charge in [-0.1, -0.05) is 12.1 Å². The molecule has 1 atom stereocenters. The zero-order valence-corrected chi connectivity index (χ0v) is 15.1. The van der Waals surface area contributed by atoms with Crippen molar-refractivity contribution in [2.75, 3.05) is 25.1 Å². The number of nitrogens with zero attached hydrogens (tertiary/aromatic N) is 4. The molecular formula is C18H24N4O4. The molecule has 1 aliphatic rings. The van der Waals surface area contributed by atoms with E-state index in [2.05, 4.69) is 5.10 Å². The highest BCUT2D eigenvalue weighted by molar-refractivity contribution is 5.57. The van der Waals surface area contributed by atoms with Crippen LogP contribution in [0, 0.1) is 10.1 Å². The SMILES string of the molecule is COc1ccc(COC2CCCN(c3c([N+](=O)[O-])cnn3C)CC2)cc1. The van der Waals surface area contributed by atoms with Gasteiger partial charge in [-0.2, -0.15) is 5.10 Å². The average Bonchev–Trinajstić information content (AvgIpc) is 2.88. The minimum absolute atomic E-state index is 0.0603. The second-order valence-corrected chi connectivity index (χ2v) is 6.43. The Morgan fingerprint density at radius 2 is 2.04 bits per heavy atom. The number of benzene rings is 1. The van der Waals surface area contributed by atoms with Crippen LogP contribution in [0.25, 0.3) is 0 Å². The molecule has 26 heavy (non-hydrogen) atoms. The maximum atomic E-state index is 11.2. The molecule has 1 saturated heterocycles. The van der Waals surface area contributed by atoms with Crippen LogP contribution in [0.15, 0.2) is 30.5 Å². The summed E-state index contributed by atoms with van der Waals surface area (Å²) in [6.45, 7) is 2.04. The molecule has 2 aromatic rings. The maximum absolute atomic E-state index is 11.2. The topological polar surface area (TPSA) is 82.7 Å². The summed E-state index contributed by atoms with van der Waals surface area (Å²) in [7, 11) is 3.39. The van der Waals surface area contributed by atoms with E-state index in [9.17, 15) is 10.1 Å². The number of nitro groups is 1. The molecule has 1 aromatic carbocycles. The van der Waals surface area contributed by atoms with Crippen LogP contribution in [0.3, 0.4) is 0 Å². The lowest BCUT2D eigenvalue weighted by Crippen LogP contribution is -2.27. The van der Waals surface area contributed by atoms with Gasteiger partial charge in [0.25, 0.3) is 0 Å². The Morgan fingerprint density at radius 1 is 1.27 bits per heavy atom. The molecule has 0 bridgehead atoms. The molecule has 1 fully saturated rings. The number of hydrogen-bond acceptors (Lipinski definition) is 6. The molecule has 0 spiro atoms. The first-order valence-electron chi connectivity index (χ1n) is 8.74. The van der Waals surface area contributed by atoms with Gasteiger partial charge in [0.15, 0.2) is 0 Å². The largest absolute Gasteiger partial charge is 0.497 e. The van der Waals surface area contributed by atoms with Crippen LogP contribution in [0.5, 0.6) is 5.75 Å². The van der Waals surface area contributed by atoms with Gasteiger partial charge in [-0.25, -0.2) is 4.68 Å². The van der Waals surface area contributed by atoms with E-state index < -0.39 is 0 Å². The van der Waals surface area contributed by atoms with Crippen molar-refractivity contribution in [1.29, 1.82) is 0 Å². The first-order valence-corrected chi connectivity index (χ1v) is 8.74. The fourth-order valence-electron chi connectivity index (χ4n) is 3.30. The minimum Gasteiger partial charge on any atom is -0.497 e. The second-order valence-electron chi connectivity index (χ2n) is 6.43. The van der Waals surface area contributed by atoms with Crippen molar-refractivity contribution in [2.24, 2.45) is 7.05 Å². The molecule has 1 aromatic heterocycles.